The van der Waals surface area contributed by atoms with Gasteiger partial charge in [-0.3, -0.25) is 9.52 Å². The van der Waals surface area contributed by atoms with Gasteiger partial charge in [0.25, 0.3) is 15.9 Å². The summed E-state index contributed by atoms with van der Waals surface area (Å²) >= 11 is 10.8. The van der Waals surface area contributed by atoms with E-state index in [1.807, 2.05) is 0 Å². The van der Waals surface area contributed by atoms with E-state index in [-0.39, 0.29) is 28.0 Å². The molecular weight excluding hydrogens is 446 g/mol. The highest BCUT2D eigenvalue weighted by atomic mass is 35.5. The minimum Gasteiger partial charge on any atom is -0.496 e. The van der Waals surface area contributed by atoms with Gasteiger partial charge in [0, 0.05) is 24.2 Å². The molecule has 0 aliphatic heterocycles. The average Bonchev–Trinajstić information content (AvgIpc) is 2.73. The van der Waals surface area contributed by atoms with Crippen molar-refractivity contribution in [3.8, 4) is 18.1 Å². The second-order valence-corrected chi connectivity index (χ2v) is 8.51. The molecule has 0 heterocycles. The standard InChI is InChI=1S/C20H20ClN3O4S2/c1-4-14-6-5-13(11-18(14)30(26,27)24-20(29)22-2)9-10-23-19(25)16-12-15(21)7-8-17(16)28-3/h1,5-8,11-12H,9-10H2,2-3H3,(H,23,25)(H2,22,24,29). The van der Waals surface area contributed by atoms with E-state index < -0.39 is 10.0 Å². The molecule has 2 rings (SSSR count). The maximum absolute atomic E-state index is 12.6. The first-order chi connectivity index (χ1) is 14.2. The van der Waals surface area contributed by atoms with Crippen LogP contribution in [0.15, 0.2) is 41.3 Å². The Morgan fingerprint density at radius 3 is 2.63 bits per heavy atom. The normalized spacial score (nSPS) is 10.6. The van der Waals surface area contributed by atoms with Crippen molar-refractivity contribution in [1.29, 1.82) is 0 Å². The first-order valence-corrected chi connectivity index (χ1v) is 10.9. The van der Waals surface area contributed by atoms with Crippen molar-refractivity contribution in [3.05, 3.63) is 58.1 Å². The number of halogens is 1. The van der Waals surface area contributed by atoms with E-state index in [9.17, 15) is 13.2 Å². The summed E-state index contributed by atoms with van der Waals surface area (Å²) in [6.07, 6.45) is 5.81. The van der Waals surface area contributed by atoms with E-state index in [1.165, 1.54) is 32.4 Å². The molecule has 0 radical (unpaired) electrons. The molecule has 0 saturated heterocycles. The van der Waals surface area contributed by atoms with E-state index in [2.05, 4.69) is 21.3 Å². The summed E-state index contributed by atoms with van der Waals surface area (Å²) < 4.78 is 32.6. The number of nitrogens with one attached hydrogen (secondary N) is 3. The second-order valence-electron chi connectivity index (χ2n) is 6.01. The lowest BCUT2D eigenvalue weighted by atomic mass is 10.1. The van der Waals surface area contributed by atoms with Gasteiger partial charge in [-0.05, 0) is 54.5 Å². The van der Waals surface area contributed by atoms with Crippen molar-refractivity contribution >= 4 is 44.9 Å². The molecule has 3 N–H and O–H groups in total. The summed E-state index contributed by atoms with van der Waals surface area (Å²) in [6.45, 7) is 0.256. The Hall–Kier alpha value is -2.80. The lowest BCUT2D eigenvalue weighted by Gasteiger charge is -2.12. The summed E-state index contributed by atoms with van der Waals surface area (Å²) in [4.78, 5) is 12.4. The van der Waals surface area contributed by atoms with Crippen LogP contribution in [-0.2, 0) is 16.4 Å². The van der Waals surface area contributed by atoms with Crippen LogP contribution in [0.4, 0.5) is 0 Å². The number of hydrogen-bond acceptors (Lipinski definition) is 5. The second kappa shape index (κ2) is 10.3. The minimum atomic E-state index is -3.95. The van der Waals surface area contributed by atoms with Crippen LogP contribution in [0.2, 0.25) is 5.02 Å². The Balaban J connectivity index is 2.15. The molecule has 0 aliphatic rings. The Morgan fingerprint density at radius 1 is 1.27 bits per heavy atom. The molecule has 0 fully saturated rings. The predicted molar refractivity (Wildman–Crippen MR) is 120 cm³/mol. The van der Waals surface area contributed by atoms with Gasteiger partial charge in [0.15, 0.2) is 5.11 Å². The first kappa shape index (κ1) is 23.5. The third-order valence-corrected chi connectivity index (χ3v) is 6.11. The maximum atomic E-state index is 12.6. The number of carbonyl (C=O) groups is 1. The van der Waals surface area contributed by atoms with Crippen molar-refractivity contribution < 1.29 is 17.9 Å². The lowest BCUT2D eigenvalue weighted by Crippen LogP contribution is -2.37. The Kier molecular flexibility index (Phi) is 8.06. The van der Waals surface area contributed by atoms with Gasteiger partial charge in [-0.2, -0.15) is 0 Å². The highest BCUT2D eigenvalue weighted by Crippen LogP contribution is 2.22. The fourth-order valence-electron chi connectivity index (χ4n) is 2.57. The largest absolute Gasteiger partial charge is 0.496 e. The summed E-state index contributed by atoms with van der Waals surface area (Å²) in [7, 11) is -0.988. The van der Waals surface area contributed by atoms with Crippen LogP contribution in [-0.4, -0.2) is 40.1 Å². The molecule has 0 saturated carbocycles. The highest BCUT2D eigenvalue weighted by molar-refractivity contribution is 7.92. The molecule has 0 aliphatic carbocycles. The fraction of sp³-hybridized carbons (Fsp3) is 0.200. The third-order valence-electron chi connectivity index (χ3n) is 4.05. The molecule has 0 unspecified atom stereocenters. The summed E-state index contributed by atoms with van der Waals surface area (Å²) in [5.41, 5.74) is 1.18. The molecule has 2 aromatic carbocycles. The molecule has 0 aromatic heterocycles. The number of hydrogen-bond donors (Lipinski definition) is 3. The first-order valence-electron chi connectivity index (χ1n) is 8.67. The van der Waals surface area contributed by atoms with Gasteiger partial charge < -0.3 is 15.4 Å². The molecule has 7 nitrogen and oxygen atoms in total. The topological polar surface area (TPSA) is 96.5 Å². The van der Waals surface area contributed by atoms with Crippen LogP contribution in [0.25, 0.3) is 0 Å². The van der Waals surface area contributed by atoms with Gasteiger partial charge in [-0.25, -0.2) is 8.42 Å². The van der Waals surface area contributed by atoms with Crippen LogP contribution in [0.3, 0.4) is 0 Å². The third kappa shape index (κ3) is 5.86. The van der Waals surface area contributed by atoms with Crippen LogP contribution in [0, 0.1) is 12.3 Å². The maximum Gasteiger partial charge on any atom is 0.264 e. The zero-order chi connectivity index (χ0) is 22.3. The van der Waals surface area contributed by atoms with Gasteiger partial charge in [-0.1, -0.05) is 23.6 Å². The molecule has 2 aromatic rings. The van der Waals surface area contributed by atoms with Gasteiger partial charge >= 0.3 is 0 Å². The minimum absolute atomic E-state index is 0.0499. The van der Waals surface area contributed by atoms with E-state index in [0.717, 1.165) is 0 Å². The van der Waals surface area contributed by atoms with Crippen molar-refractivity contribution in [3.63, 3.8) is 0 Å². The average molecular weight is 466 g/mol. The quantitative estimate of drug-likeness (QED) is 0.428. The Bertz CT molecular complexity index is 1110. The number of thiocarbonyl (C=S) groups is 1. The van der Waals surface area contributed by atoms with Crippen LogP contribution in [0.5, 0.6) is 5.75 Å². The van der Waals surface area contributed by atoms with Gasteiger partial charge in [0.2, 0.25) is 0 Å². The summed E-state index contributed by atoms with van der Waals surface area (Å²) in [6, 6.07) is 9.45. The summed E-state index contributed by atoms with van der Waals surface area (Å²) in [5.74, 6) is 2.40. The number of terminal acetylenes is 1. The molecule has 1 amide bonds. The molecule has 30 heavy (non-hydrogen) atoms. The van der Waals surface area contributed by atoms with Crippen LogP contribution < -0.4 is 20.1 Å². The van der Waals surface area contributed by atoms with Crippen molar-refractivity contribution in [2.45, 2.75) is 11.3 Å². The molecule has 10 heteroatoms. The Morgan fingerprint density at radius 2 is 2.00 bits per heavy atom. The lowest BCUT2D eigenvalue weighted by molar-refractivity contribution is 0.0951. The zero-order valence-corrected chi connectivity index (χ0v) is 18.7. The molecule has 0 spiro atoms. The number of benzene rings is 2. The van der Waals surface area contributed by atoms with Gasteiger partial charge in [-0.15, -0.1) is 6.42 Å². The summed E-state index contributed by atoms with van der Waals surface area (Å²) in [5, 5.41) is 5.66. The molecule has 0 bridgehead atoms. The molecule has 158 valence electrons. The SMILES string of the molecule is C#Cc1ccc(CCNC(=O)c2cc(Cl)ccc2OC)cc1S(=O)(=O)NC(=S)NC. The smallest absolute Gasteiger partial charge is 0.264 e. The highest BCUT2D eigenvalue weighted by Gasteiger charge is 2.20. The number of carbonyl (C=O) groups excluding carboxylic acids is 1. The number of ether oxygens (including phenoxy) is 1. The van der Waals surface area contributed by atoms with Gasteiger partial charge in [0.05, 0.1) is 12.7 Å². The molecular formula is C20H20ClN3O4S2. The monoisotopic (exact) mass is 465 g/mol. The number of methoxy groups -OCH3 is 1. The fourth-order valence-corrected chi connectivity index (χ4v) is 4.25. The number of rotatable bonds is 7. The van der Waals surface area contributed by atoms with E-state index in [1.54, 1.807) is 18.2 Å². The Labute approximate surface area is 186 Å². The van der Waals surface area contributed by atoms with Crippen molar-refractivity contribution in [2.75, 3.05) is 20.7 Å². The van der Waals surface area contributed by atoms with Crippen molar-refractivity contribution in [2.24, 2.45) is 0 Å². The predicted octanol–water partition coefficient (Wildman–Crippen LogP) is 2.08. The zero-order valence-electron chi connectivity index (χ0n) is 16.3. The van der Waals surface area contributed by atoms with Gasteiger partial charge in [0.1, 0.15) is 10.6 Å². The van der Waals surface area contributed by atoms with Crippen LogP contribution in [0.1, 0.15) is 21.5 Å². The van der Waals surface area contributed by atoms with E-state index in [4.69, 9.17) is 35.0 Å². The molecule has 0 atom stereocenters. The van der Waals surface area contributed by atoms with Crippen LogP contribution >= 0.6 is 23.8 Å². The van der Waals surface area contributed by atoms with E-state index >= 15 is 0 Å². The number of amides is 1. The van der Waals surface area contributed by atoms with Crippen molar-refractivity contribution in [1.82, 2.24) is 15.4 Å². The van der Waals surface area contributed by atoms with E-state index in [0.29, 0.717) is 28.3 Å². The number of sulfonamides is 1.